The summed E-state index contributed by atoms with van der Waals surface area (Å²) in [6.45, 7) is 1.68. The van der Waals surface area contributed by atoms with E-state index in [9.17, 15) is 39.9 Å². The van der Waals surface area contributed by atoms with Crippen LogP contribution in [0.15, 0.2) is 69.5 Å². The molecule has 0 saturated carbocycles. The lowest BCUT2D eigenvalue weighted by Crippen LogP contribution is -2.68. The number of ketones is 2. The number of nitrogens with two attached hydrogens (primary N) is 1. The Morgan fingerprint density at radius 1 is 1.07 bits per heavy atom. The van der Waals surface area contributed by atoms with Crippen molar-refractivity contribution in [2.75, 3.05) is 14.1 Å². The van der Waals surface area contributed by atoms with Gasteiger partial charge in [0, 0.05) is 16.9 Å². The summed E-state index contributed by atoms with van der Waals surface area (Å²) in [4.78, 5) is 41.1. The van der Waals surface area contributed by atoms with Crippen molar-refractivity contribution in [2.45, 2.75) is 30.6 Å². The molecule has 0 radical (unpaired) electrons. The Balaban J connectivity index is 1.57. The number of carbonyl (C=O) groups is 3. The highest BCUT2D eigenvalue weighted by molar-refractivity contribution is 6.25. The van der Waals surface area contributed by atoms with Gasteiger partial charge in [0.05, 0.1) is 29.2 Å². The summed E-state index contributed by atoms with van der Waals surface area (Å²) >= 11 is 0. The minimum absolute atomic E-state index is 0.177. The molecule has 7 N–H and O–H groups in total. The smallest absolute Gasteiger partial charge is 0.255 e. The van der Waals surface area contributed by atoms with Crippen LogP contribution in [-0.2, 0) is 9.59 Å². The maximum absolute atomic E-state index is 14.0. The number of primary amides is 1. The monoisotopic (exact) mass is 560 g/mol. The van der Waals surface area contributed by atoms with Crippen LogP contribution < -0.4 is 5.73 Å². The third-order valence-corrected chi connectivity index (χ3v) is 8.82. The average molecular weight is 561 g/mol. The number of carbonyl (C=O) groups excluding carboxylic acids is 3. The third-order valence-electron chi connectivity index (χ3n) is 8.82. The van der Waals surface area contributed by atoms with Crippen molar-refractivity contribution in [1.29, 1.82) is 0 Å². The van der Waals surface area contributed by atoms with Gasteiger partial charge in [0.2, 0.25) is 5.78 Å². The average Bonchev–Trinajstić information content (AvgIpc) is 3.34. The number of aliphatic hydroxyl groups excluding tert-OH is 3. The van der Waals surface area contributed by atoms with Crippen molar-refractivity contribution in [3.8, 4) is 17.1 Å². The zero-order valence-corrected chi connectivity index (χ0v) is 22.3. The van der Waals surface area contributed by atoms with Gasteiger partial charge in [-0.2, -0.15) is 0 Å². The number of Topliss-reactive ketones (excluding diaryl/α,β-unsaturated/α-hetero) is 2. The summed E-state index contributed by atoms with van der Waals surface area (Å²) in [5.41, 5.74) is 1.96. The quantitative estimate of drug-likeness (QED) is 0.258. The fourth-order valence-electron chi connectivity index (χ4n) is 6.94. The number of rotatable bonds is 3. The van der Waals surface area contributed by atoms with E-state index >= 15 is 0 Å². The lowest BCUT2D eigenvalue weighted by Gasteiger charge is -2.53. The van der Waals surface area contributed by atoms with E-state index in [1.165, 1.54) is 19.0 Å². The van der Waals surface area contributed by atoms with Crippen molar-refractivity contribution in [3.05, 3.63) is 76.3 Å². The van der Waals surface area contributed by atoms with E-state index in [1.54, 1.807) is 37.3 Å². The molecule has 3 aromatic rings. The molecule has 2 aromatic carbocycles. The molecule has 0 bridgehead atoms. The Hall–Kier alpha value is -4.45. The molecule has 212 valence electrons. The van der Waals surface area contributed by atoms with E-state index in [1.807, 2.05) is 12.1 Å². The molecule has 1 amide bonds. The van der Waals surface area contributed by atoms with E-state index in [2.05, 4.69) is 0 Å². The zero-order valence-electron chi connectivity index (χ0n) is 22.3. The normalized spacial score (nSPS) is 29.6. The van der Waals surface area contributed by atoms with Crippen LogP contribution in [0.4, 0.5) is 0 Å². The number of hydrogen-bond donors (Lipinski definition) is 6. The molecule has 0 saturated heterocycles. The Labute approximate surface area is 233 Å². The van der Waals surface area contributed by atoms with Gasteiger partial charge in [0.25, 0.3) is 5.91 Å². The van der Waals surface area contributed by atoms with Gasteiger partial charge in [0.1, 0.15) is 34.2 Å². The summed E-state index contributed by atoms with van der Waals surface area (Å²) in [6.07, 6.45) is -1.65. The van der Waals surface area contributed by atoms with E-state index in [0.717, 1.165) is 5.39 Å². The molecule has 11 heteroatoms. The standard InChI is InChI=1S/C30H28N2O9/c1-11-13-8-9-14(16-10-12-6-4-5-7-15(12)41-16)23(33)18(13)24(34)19-17(11)25(35)21-22(32(2)3)26(36)20(29(31)39)28(38)30(21,40)27(19)37/h4-11,17,21-22,25,33,35-37,40H,1-3H3,(H2,31,39)/t11-,17+,21+,22-,25?,30-/m0/s1. The Morgan fingerprint density at radius 2 is 1.76 bits per heavy atom. The highest BCUT2D eigenvalue weighted by atomic mass is 16.4. The van der Waals surface area contributed by atoms with Gasteiger partial charge in [-0.05, 0) is 43.8 Å². The second-order valence-electron chi connectivity index (χ2n) is 11.1. The molecule has 0 spiro atoms. The Morgan fingerprint density at radius 3 is 2.39 bits per heavy atom. The summed E-state index contributed by atoms with van der Waals surface area (Å²) in [6, 6.07) is 10.8. The van der Waals surface area contributed by atoms with Crippen LogP contribution in [0.3, 0.4) is 0 Å². The number of aliphatic hydroxyl groups is 4. The number of para-hydroxylation sites is 1. The highest BCUT2D eigenvalue weighted by Gasteiger charge is 2.67. The maximum Gasteiger partial charge on any atom is 0.255 e. The number of nitrogens with zero attached hydrogens (tertiary/aromatic N) is 1. The molecule has 6 rings (SSSR count). The number of amides is 1. The van der Waals surface area contributed by atoms with Gasteiger partial charge in [0.15, 0.2) is 11.4 Å². The van der Waals surface area contributed by atoms with Crippen LogP contribution in [0.1, 0.15) is 28.8 Å². The molecule has 3 aliphatic rings. The fourth-order valence-corrected chi connectivity index (χ4v) is 6.94. The second-order valence-corrected chi connectivity index (χ2v) is 11.1. The first-order chi connectivity index (χ1) is 19.3. The molecule has 1 unspecified atom stereocenters. The molecule has 1 heterocycles. The molecule has 6 atom stereocenters. The second kappa shape index (κ2) is 8.77. The predicted molar refractivity (Wildman–Crippen MR) is 145 cm³/mol. The van der Waals surface area contributed by atoms with Crippen molar-refractivity contribution in [2.24, 2.45) is 17.6 Å². The summed E-state index contributed by atoms with van der Waals surface area (Å²) in [5, 5.41) is 58.0. The molecule has 1 aromatic heterocycles. The Kier molecular flexibility index (Phi) is 5.73. The highest BCUT2D eigenvalue weighted by Crippen LogP contribution is 2.56. The number of likely N-dealkylation sites (N-methyl/N-ethyl adjacent to an activating group) is 1. The van der Waals surface area contributed by atoms with Crippen molar-refractivity contribution < 1.29 is 44.3 Å². The molecule has 0 fully saturated rings. The van der Waals surface area contributed by atoms with E-state index in [-0.39, 0.29) is 16.9 Å². The van der Waals surface area contributed by atoms with Gasteiger partial charge < -0.3 is 35.7 Å². The van der Waals surface area contributed by atoms with Gasteiger partial charge in [-0.15, -0.1) is 0 Å². The van der Waals surface area contributed by atoms with E-state index in [4.69, 9.17) is 10.2 Å². The van der Waals surface area contributed by atoms with Crippen molar-refractivity contribution in [1.82, 2.24) is 4.90 Å². The number of phenols is 1. The first-order valence-corrected chi connectivity index (χ1v) is 13.0. The van der Waals surface area contributed by atoms with Crippen LogP contribution in [0, 0.1) is 11.8 Å². The summed E-state index contributed by atoms with van der Waals surface area (Å²) < 4.78 is 5.88. The van der Waals surface area contributed by atoms with E-state index in [0.29, 0.717) is 11.1 Å². The van der Waals surface area contributed by atoms with Gasteiger partial charge in [-0.25, -0.2) is 0 Å². The van der Waals surface area contributed by atoms with Crippen LogP contribution in [0.25, 0.3) is 22.3 Å². The minimum atomic E-state index is -2.96. The topological polar surface area (TPSA) is 195 Å². The molecular weight excluding hydrogens is 532 g/mol. The minimum Gasteiger partial charge on any atom is -0.510 e. The molecule has 0 aliphatic heterocycles. The number of phenolic OH excluding ortho intramolecular Hbond substituents is 1. The van der Waals surface area contributed by atoms with Crippen LogP contribution in [0.2, 0.25) is 0 Å². The van der Waals surface area contributed by atoms with E-state index < -0.39 is 81.4 Å². The van der Waals surface area contributed by atoms with Crippen molar-refractivity contribution >= 4 is 28.4 Å². The molecule has 3 aliphatic carbocycles. The largest absolute Gasteiger partial charge is 0.510 e. The Bertz CT molecular complexity index is 1720. The summed E-state index contributed by atoms with van der Waals surface area (Å²) in [5.74, 6) is -9.03. The number of furan rings is 1. The molecule has 41 heavy (non-hydrogen) atoms. The first-order valence-electron chi connectivity index (χ1n) is 13.0. The van der Waals surface area contributed by atoms with Gasteiger partial charge in [-0.3, -0.25) is 19.3 Å². The van der Waals surface area contributed by atoms with Crippen molar-refractivity contribution in [3.63, 3.8) is 0 Å². The lowest BCUT2D eigenvalue weighted by molar-refractivity contribution is -0.162. The third kappa shape index (κ3) is 3.33. The van der Waals surface area contributed by atoms with Crippen LogP contribution in [-0.4, -0.2) is 79.7 Å². The number of benzene rings is 2. The predicted octanol–water partition coefficient (Wildman–Crippen LogP) is 2.07. The fraction of sp³-hybridized carbons (Fsp3) is 0.300. The number of hydrogen-bond acceptors (Lipinski definition) is 10. The summed E-state index contributed by atoms with van der Waals surface area (Å²) in [7, 11) is 2.97. The van der Waals surface area contributed by atoms with Gasteiger partial charge >= 0.3 is 0 Å². The molecule has 11 nitrogen and oxygen atoms in total. The number of aromatic hydroxyl groups is 1. The number of fused-ring (bicyclic) bond motifs is 4. The SMILES string of the molecule is C[C@H]1c2ccc(-c3cc4ccccc4o3)c(O)c2C(=O)C2=C(O)[C@]3(O)C(=O)C(C(N)=O)=C(O)[C@@H](N(C)C)[C@@H]3C(O)[C@@H]21. The lowest BCUT2D eigenvalue weighted by atomic mass is 9.55. The zero-order chi connectivity index (χ0) is 29.7. The van der Waals surface area contributed by atoms with Gasteiger partial charge in [-0.1, -0.05) is 31.2 Å². The van der Waals surface area contributed by atoms with Crippen LogP contribution >= 0.6 is 0 Å². The molecular formula is C30H28N2O9. The first kappa shape index (κ1) is 26.8. The van der Waals surface area contributed by atoms with Crippen LogP contribution in [0.5, 0.6) is 5.75 Å². The maximum atomic E-state index is 14.0.